The quantitative estimate of drug-likeness (QED) is 0.749. The van der Waals surface area contributed by atoms with E-state index in [1.165, 1.54) is 0 Å². The summed E-state index contributed by atoms with van der Waals surface area (Å²) in [6.45, 7) is 1.84. The Bertz CT molecular complexity index is 845. The Labute approximate surface area is 139 Å². The highest BCUT2D eigenvalue weighted by Gasteiger charge is 2.38. The maximum atomic E-state index is 9.60. The number of nitrogens with one attached hydrogen (secondary N) is 1. The molecule has 1 aliphatic rings. The molecule has 24 heavy (non-hydrogen) atoms. The highest BCUT2D eigenvalue weighted by molar-refractivity contribution is 5.90. The number of ether oxygens (including phenoxy) is 1. The highest BCUT2D eigenvalue weighted by atomic mass is 16.5. The van der Waals surface area contributed by atoms with Crippen molar-refractivity contribution >= 4 is 16.7 Å². The summed E-state index contributed by atoms with van der Waals surface area (Å²) in [6, 6.07) is 11.7. The number of pyridine rings is 1. The zero-order chi connectivity index (χ0) is 16.4. The minimum atomic E-state index is -0.219. The number of benzene rings is 1. The van der Waals surface area contributed by atoms with Gasteiger partial charge >= 0.3 is 0 Å². The molecule has 0 unspecified atom stereocenters. The van der Waals surface area contributed by atoms with E-state index in [2.05, 4.69) is 15.3 Å². The van der Waals surface area contributed by atoms with Crippen molar-refractivity contribution in [3.63, 3.8) is 0 Å². The van der Waals surface area contributed by atoms with Gasteiger partial charge in [0.1, 0.15) is 5.82 Å². The number of aromatic nitrogens is 3. The van der Waals surface area contributed by atoms with E-state index in [1.54, 1.807) is 12.4 Å². The predicted octanol–water partition coefficient (Wildman–Crippen LogP) is 2.11. The predicted molar refractivity (Wildman–Crippen MR) is 91.6 cm³/mol. The van der Waals surface area contributed by atoms with E-state index in [0.717, 1.165) is 22.3 Å². The number of nitrogens with zero attached hydrogens (tertiary/aromatic N) is 3. The Morgan fingerprint density at radius 1 is 1.08 bits per heavy atom. The Morgan fingerprint density at radius 2 is 1.88 bits per heavy atom. The van der Waals surface area contributed by atoms with Crippen LogP contribution < -0.4 is 5.32 Å². The molecule has 4 rings (SSSR count). The van der Waals surface area contributed by atoms with Crippen molar-refractivity contribution in [1.29, 1.82) is 0 Å². The van der Waals surface area contributed by atoms with Crippen LogP contribution >= 0.6 is 0 Å². The molecule has 0 radical (unpaired) electrons. The van der Waals surface area contributed by atoms with Gasteiger partial charge in [-0.1, -0.05) is 12.1 Å². The molecule has 1 saturated heterocycles. The van der Waals surface area contributed by atoms with Gasteiger partial charge in [0.05, 0.1) is 30.8 Å². The third-order valence-corrected chi connectivity index (χ3v) is 4.32. The maximum absolute atomic E-state index is 9.60. The Balaban J connectivity index is 1.72. The molecular formula is C18H18N4O2. The van der Waals surface area contributed by atoms with Crippen molar-refractivity contribution in [3.8, 4) is 11.4 Å². The number of hydrogen-bond donors (Lipinski definition) is 2. The summed E-state index contributed by atoms with van der Waals surface area (Å²) in [5.74, 6) is 1.42. The topological polar surface area (TPSA) is 80.2 Å². The summed E-state index contributed by atoms with van der Waals surface area (Å²) in [5.41, 5.74) is 1.58. The van der Waals surface area contributed by atoms with Crippen LogP contribution in [0.5, 0.6) is 0 Å². The van der Waals surface area contributed by atoms with Gasteiger partial charge in [0.2, 0.25) is 0 Å². The number of aliphatic hydroxyl groups is 1. The zero-order valence-corrected chi connectivity index (χ0v) is 13.1. The number of aliphatic hydroxyl groups excluding tert-OH is 1. The minimum Gasteiger partial charge on any atom is -0.396 e. The summed E-state index contributed by atoms with van der Waals surface area (Å²) in [6.07, 6.45) is 3.46. The van der Waals surface area contributed by atoms with Crippen molar-refractivity contribution in [2.24, 2.45) is 5.41 Å². The van der Waals surface area contributed by atoms with Gasteiger partial charge in [-0.25, -0.2) is 9.97 Å². The van der Waals surface area contributed by atoms with Gasteiger partial charge in [0.15, 0.2) is 5.82 Å². The van der Waals surface area contributed by atoms with Crippen LogP contribution in [0, 0.1) is 5.41 Å². The molecule has 0 aliphatic carbocycles. The van der Waals surface area contributed by atoms with Crippen molar-refractivity contribution in [2.45, 2.75) is 0 Å². The number of hydrogen-bond acceptors (Lipinski definition) is 6. The molecule has 3 heterocycles. The van der Waals surface area contributed by atoms with Gasteiger partial charge in [-0.05, 0) is 24.3 Å². The third-order valence-electron chi connectivity index (χ3n) is 4.32. The van der Waals surface area contributed by atoms with E-state index in [9.17, 15) is 5.11 Å². The number of anilines is 1. The van der Waals surface area contributed by atoms with Crippen LogP contribution in [0.1, 0.15) is 0 Å². The fraction of sp³-hybridized carbons (Fsp3) is 0.278. The number of fused-ring (bicyclic) bond motifs is 1. The highest BCUT2D eigenvalue weighted by Crippen LogP contribution is 2.29. The van der Waals surface area contributed by atoms with Crippen LogP contribution in [0.25, 0.3) is 22.3 Å². The van der Waals surface area contributed by atoms with E-state index < -0.39 is 0 Å². The van der Waals surface area contributed by atoms with Crippen LogP contribution in [0.4, 0.5) is 5.82 Å². The molecule has 6 heteroatoms. The lowest BCUT2D eigenvalue weighted by molar-refractivity contribution is -0.128. The van der Waals surface area contributed by atoms with Crippen molar-refractivity contribution in [3.05, 3.63) is 48.8 Å². The van der Waals surface area contributed by atoms with Crippen LogP contribution in [-0.4, -0.2) is 46.4 Å². The Hall–Kier alpha value is -2.57. The molecule has 6 nitrogen and oxygen atoms in total. The fourth-order valence-electron chi connectivity index (χ4n) is 2.75. The zero-order valence-electron chi connectivity index (χ0n) is 13.1. The van der Waals surface area contributed by atoms with E-state index >= 15 is 0 Å². The van der Waals surface area contributed by atoms with Gasteiger partial charge in [0.25, 0.3) is 0 Å². The molecule has 0 amide bonds. The molecule has 1 aromatic carbocycles. The van der Waals surface area contributed by atoms with E-state index in [0.29, 0.717) is 25.6 Å². The molecule has 2 aromatic heterocycles. The molecule has 0 atom stereocenters. The molecule has 0 bridgehead atoms. The molecular weight excluding hydrogens is 304 g/mol. The SMILES string of the molecule is OCC1(CNc2nc(-c3ccncc3)nc3ccccc23)COC1. The molecule has 2 N–H and O–H groups in total. The first kappa shape index (κ1) is 15.0. The molecule has 1 fully saturated rings. The van der Waals surface area contributed by atoms with Crippen molar-refractivity contribution in [1.82, 2.24) is 15.0 Å². The number of rotatable bonds is 5. The summed E-state index contributed by atoms with van der Waals surface area (Å²) >= 11 is 0. The molecule has 0 spiro atoms. The summed E-state index contributed by atoms with van der Waals surface area (Å²) in [5, 5.41) is 13.9. The normalized spacial score (nSPS) is 15.9. The molecule has 1 aliphatic heterocycles. The minimum absolute atomic E-state index is 0.0974. The summed E-state index contributed by atoms with van der Waals surface area (Å²) < 4.78 is 5.26. The lowest BCUT2D eigenvalue weighted by Gasteiger charge is -2.40. The summed E-state index contributed by atoms with van der Waals surface area (Å²) in [4.78, 5) is 13.4. The monoisotopic (exact) mass is 322 g/mol. The van der Waals surface area contributed by atoms with Gasteiger partial charge in [-0.2, -0.15) is 0 Å². The first-order valence-corrected chi connectivity index (χ1v) is 7.89. The van der Waals surface area contributed by atoms with Crippen LogP contribution in [0.3, 0.4) is 0 Å². The Kier molecular flexibility index (Phi) is 3.84. The Morgan fingerprint density at radius 3 is 2.58 bits per heavy atom. The standard InChI is InChI=1S/C18H18N4O2/c23-10-18(11-24-12-18)9-20-17-14-3-1-2-4-15(14)21-16(22-17)13-5-7-19-8-6-13/h1-8,23H,9-12H2,(H,20,21,22). The van der Waals surface area contributed by atoms with Crippen LogP contribution in [0.15, 0.2) is 48.8 Å². The number of para-hydroxylation sites is 1. The molecule has 122 valence electrons. The van der Waals surface area contributed by atoms with Crippen LogP contribution in [-0.2, 0) is 4.74 Å². The van der Waals surface area contributed by atoms with Gasteiger partial charge in [-0.3, -0.25) is 4.98 Å². The van der Waals surface area contributed by atoms with E-state index in [1.807, 2.05) is 36.4 Å². The lowest BCUT2D eigenvalue weighted by atomic mass is 9.87. The largest absolute Gasteiger partial charge is 0.396 e. The van der Waals surface area contributed by atoms with Crippen molar-refractivity contribution < 1.29 is 9.84 Å². The molecule has 3 aromatic rings. The fourth-order valence-corrected chi connectivity index (χ4v) is 2.75. The van der Waals surface area contributed by atoms with Gasteiger partial charge in [-0.15, -0.1) is 0 Å². The second-order valence-corrected chi connectivity index (χ2v) is 6.15. The van der Waals surface area contributed by atoms with Gasteiger partial charge in [0, 0.05) is 29.9 Å². The van der Waals surface area contributed by atoms with Crippen LogP contribution in [0.2, 0.25) is 0 Å². The first-order chi connectivity index (χ1) is 11.8. The smallest absolute Gasteiger partial charge is 0.162 e. The first-order valence-electron chi connectivity index (χ1n) is 7.89. The molecule has 0 saturated carbocycles. The average Bonchev–Trinajstić information content (AvgIpc) is 2.61. The van der Waals surface area contributed by atoms with E-state index in [-0.39, 0.29) is 12.0 Å². The maximum Gasteiger partial charge on any atom is 0.162 e. The second-order valence-electron chi connectivity index (χ2n) is 6.15. The summed E-state index contributed by atoms with van der Waals surface area (Å²) in [7, 11) is 0. The second kappa shape index (κ2) is 6.14. The van der Waals surface area contributed by atoms with E-state index in [4.69, 9.17) is 9.72 Å². The van der Waals surface area contributed by atoms with Gasteiger partial charge < -0.3 is 15.2 Å². The van der Waals surface area contributed by atoms with Crippen molar-refractivity contribution in [2.75, 3.05) is 31.7 Å². The lowest BCUT2D eigenvalue weighted by Crippen LogP contribution is -2.50. The third kappa shape index (κ3) is 2.70. The average molecular weight is 322 g/mol.